The van der Waals surface area contributed by atoms with Crippen LogP contribution < -0.4 is 10.6 Å². The number of hydrogen-bond donors (Lipinski definition) is 2. The molecule has 0 atom stereocenters. The van der Waals surface area contributed by atoms with E-state index >= 15 is 0 Å². The summed E-state index contributed by atoms with van der Waals surface area (Å²) < 4.78 is 7.78. The summed E-state index contributed by atoms with van der Waals surface area (Å²) in [6.45, 7) is 8.98. The zero-order chi connectivity index (χ0) is 26.3. The standard InChI is InChI=1S/C27H34BrN5O3/c1-19-7-13-22(14-8-19)33-24(17-23(31-33)27(2,3)4)30-25(34)18-32(15-6-16-36-5)26(35)29-21-11-9-20(28)10-12-21/h7-14,17H,6,15-16,18H2,1-5H3,(H,29,35)(H,30,34). The van der Waals surface area contributed by atoms with Gasteiger partial charge in [0.25, 0.3) is 0 Å². The molecule has 8 nitrogen and oxygen atoms in total. The lowest BCUT2D eigenvalue weighted by atomic mass is 9.92. The Balaban J connectivity index is 1.79. The molecular formula is C27H34BrN5O3. The van der Waals surface area contributed by atoms with Gasteiger partial charge in [0, 0.05) is 41.9 Å². The number of benzene rings is 2. The van der Waals surface area contributed by atoms with Gasteiger partial charge in [-0.1, -0.05) is 54.4 Å². The maximum Gasteiger partial charge on any atom is 0.322 e. The van der Waals surface area contributed by atoms with Crippen molar-refractivity contribution in [3.63, 3.8) is 0 Å². The summed E-state index contributed by atoms with van der Waals surface area (Å²) in [5.41, 5.74) is 3.27. The monoisotopic (exact) mass is 555 g/mol. The van der Waals surface area contributed by atoms with Crippen LogP contribution in [0.15, 0.2) is 59.1 Å². The van der Waals surface area contributed by atoms with E-state index in [0.717, 1.165) is 21.4 Å². The Kier molecular flexibility index (Phi) is 9.28. The summed E-state index contributed by atoms with van der Waals surface area (Å²) in [4.78, 5) is 27.6. The molecule has 36 heavy (non-hydrogen) atoms. The van der Waals surface area contributed by atoms with Gasteiger partial charge in [0.05, 0.1) is 11.4 Å². The molecule has 2 N–H and O–H groups in total. The van der Waals surface area contributed by atoms with E-state index in [9.17, 15) is 9.59 Å². The largest absolute Gasteiger partial charge is 0.385 e. The molecule has 0 saturated carbocycles. The number of carbonyl (C=O) groups excluding carboxylic acids is 2. The van der Waals surface area contributed by atoms with Crippen LogP contribution in [0.25, 0.3) is 5.69 Å². The van der Waals surface area contributed by atoms with Crippen molar-refractivity contribution in [1.82, 2.24) is 14.7 Å². The number of carbonyl (C=O) groups is 2. The van der Waals surface area contributed by atoms with Crippen LogP contribution in [0.5, 0.6) is 0 Å². The Morgan fingerprint density at radius 2 is 1.72 bits per heavy atom. The zero-order valence-corrected chi connectivity index (χ0v) is 23.1. The van der Waals surface area contributed by atoms with Crippen LogP contribution in [-0.4, -0.2) is 53.4 Å². The minimum absolute atomic E-state index is 0.115. The molecule has 9 heteroatoms. The van der Waals surface area contributed by atoms with E-state index in [4.69, 9.17) is 9.84 Å². The number of halogens is 1. The van der Waals surface area contributed by atoms with Crippen molar-refractivity contribution in [3.05, 3.63) is 70.3 Å². The SMILES string of the molecule is COCCCN(CC(=O)Nc1cc(C(C)(C)C)nn1-c1ccc(C)cc1)C(=O)Nc1ccc(Br)cc1. The first-order chi connectivity index (χ1) is 17.1. The van der Waals surface area contributed by atoms with Crippen molar-refractivity contribution >= 4 is 39.4 Å². The van der Waals surface area contributed by atoms with Crippen molar-refractivity contribution in [3.8, 4) is 5.69 Å². The maximum absolute atomic E-state index is 13.1. The van der Waals surface area contributed by atoms with Gasteiger partial charge in [-0.05, 0) is 49.7 Å². The summed E-state index contributed by atoms with van der Waals surface area (Å²) in [7, 11) is 1.61. The summed E-state index contributed by atoms with van der Waals surface area (Å²) in [5.74, 6) is 0.242. The van der Waals surface area contributed by atoms with Crippen LogP contribution in [-0.2, 0) is 14.9 Å². The highest BCUT2D eigenvalue weighted by atomic mass is 79.9. The zero-order valence-electron chi connectivity index (χ0n) is 21.5. The molecule has 0 bridgehead atoms. The highest BCUT2D eigenvalue weighted by Gasteiger charge is 2.23. The van der Waals surface area contributed by atoms with E-state index < -0.39 is 0 Å². The van der Waals surface area contributed by atoms with Gasteiger partial charge in [-0.15, -0.1) is 0 Å². The first kappa shape index (κ1) is 27.4. The van der Waals surface area contributed by atoms with Crippen molar-refractivity contribution in [2.45, 2.75) is 39.5 Å². The fraction of sp³-hybridized carbons (Fsp3) is 0.370. The average molecular weight is 557 g/mol. The molecule has 0 aliphatic rings. The van der Waals surface area contributed by atoms with Crippen LogP contribution in [0, 0.1) is 6.92 Å². The van der Waals surface area contributed by atoms with E-state index in [0.29, 0.717) is 31.1 Å². The number of ether oxygens (including phenoxy) is 1. The molecule has 192 valence electrons. The highest BCUT2D eigenvalue weighted by molar-refractivity contribution is 9.10. The third-order valence-corrected chi connectivity index (χ3v) is 6.05. The second-order valence-corrected chi connectivity index (χ2v) is 10.6. The van der Waals surface area contributed by atoms with Crippen LogP contribution in [0.2, 0.25) is 0 Å². The Morgan fingerprint density at radius 3 is 2.33 bits per heavy atom. The van der Waals surface area contributed by atoms with Gasteiger partial charge in [0.15, 0.2) is 0 Å². The third kappa shape index (κ3) is 7.66. The molecule has 3 aromatic rings. The lowest BCUT2D eigenvalue weighted by Gasteiger charge is -2.22. The average Bonchev–Trinajstić information content (AvgIpc) is 3.24. The lowest BCUT2D eigenvalue weighted by molar-refractivity contribution is -0.116. The lowest BCUT2D eigenvalue weighted by Crippen LogP contribution is -2.41. The summed E-state index contributed by atoms with van der Waals surface area (Å²) in [5, 5.41) is 10.6. The number of aryl methyl sites for hydroxylation is 1. The Bertz CT molecular complexity index is 1170. The molecule has 0 fully saturated rings. The molecule has 3 rings (SSSR count). The van der Waals surface area contributed by atoms with Crippen molar-refractivity contribution in [2.24, 2.45) is 0 Å². The van der Waals surface area contributed by atoms with Crippen molar-refractivity contribution < 1.29 is 14.3 Å². The number of anilines is 2. The third-order valence-electron chi connectivity index (χ3n) is 5.52. The molecule has 0 saturated heterocycles. The topological polar surface area (TPSA) is 88.5 Å². The second-order valence-electron chi connectivity index (χ2n) is 9.67. The predicted molar refractivity (Wildman–Crippen MR) is 147 cm³/mol. The second kappa shape index (κ2) is 12.2. The van der Waals surface area contributed by atoms with Crippen LogP contribution >= 0.6 is 15.9 Å². The molecule has 0 radical (unpaired) electrons. The first-order valence-electron chi connectivity index (χ1n) is 11.8. The number of nitrogens with zero attached hydrogens (tertiary/aromatic N) is 3. The Labute approximate surface area is 221 Å². The van der Waals surface area contributed by atoms with E-state index in [1.165, 1.54) is 4.90 Å². The summed E-state index contributed by atoms with van der Waals surface area (Å²) >= 11 is 3.39. The Morgan fingerprint density at radius 1 is 1.06 bits per heavy atom. The van der Waals surface area contributed by atoms with Gasteiger partial charge in [0.1, 0.15) is 12.4 Å². The van der Waals surface area contributed by atoms with Crippen LogP contribution in [0.4, 0.5) is 16.3 Å². The molecule has 1 heterocycles. The molecule has 0 spiro atoms. The van der Waals surface area contributed by atoms with E-state index in [2.05, 4.69) is 47.3 Å². The quantitative estimate of drug-likeness (QED) is 0.329. The number of hydrogen-bond acceptors (Lipinski definition) is 4. The van der Waals surface area contributed by atoms with Crippen LogP contribution in [0.3, 0.4) is 0 Å². The normalized spacial score (nSPS) is 11.3. The fourth-order valence-electron chi connectivity index (χ4n) is 3.46. The number of aromatic nitrogens is 2. The van der Waals surface area contributed by atoms with E-state index in [-0.39, 0.29) is 23.9 Å². The predicted octanol–water partition coefficient (Wildman–Crippen LogP) is 5.75. The maximum atomic E-state index is 13.1. The summed E-state index contributed by atoms with van der Waals surface area (Å²) in [6.07, 6.45) is 0.604. The van der Waals surface area contributed by atoms with Gasteiger partial charge in [0.2, 0.25) is 5.91 Å². The van der Waals surface area contributed by atoms with Gasteiger partial charge in [-0.3, -0.25) is 4.79 Å². The van der Waals surface area contributed by atoms with Crippen molar-refractivity contribution in [1.29, 1.82) is 0 Å². The number of nitrogens with one attached hydrogen (secondary N) is 2. The minimum Gasteiger partial charge on any atom is -0.385 e. The molecule has 1 aromatic heterocycles. The number of urea groups is 1. The fourth-order valence-corrected chi connectivity index (χ4v) is 3.73. The molecular weight excluding hydrogens is 522 g/mol. The molecule has 3 amide bonds. The van der Waals surface area contributed by atoms with E-state index in [1.54, 1.807) is 23.9 Å². The molecule has 0 aliphatic carbocycles. The first-order valence-corrected chi connectivity index (χ1v) is 12.6. The van der Waals surface area contributed by atoms with Gasteiger partial charge in [-0.25, -0.2) is 9.48 Å². The number of methoxy groups -OCH3 is 1. The van der Waals surface area contributed by atoms with Gasteiger partial charge in [-0.2, -0.15) is 5.10 Å². The molecule has 0 unspecified atom stereocenters. The van der Waals surface area contributed by atoms with Crippen molar-refractivity contribution in [2.75, 3.05) is 37.4 Å². The molecule has 2 aromatic carbocycles. The van der Waals surface area contributed by atoms with E-state index in [1.807, 2.05) is 49.4 Å². The van der Waals surface area contributed by atoms with Gasteiger partial charge >= 0.3 is 6.03 Å². The summed E-state index contributed by atoms with van der Waals surface area (Å²) in [6, 6.07) is 16.7. The van der Waals surface area contributed by atoms with Crippen LogP contribution in [0.1, 0.15) is 38.4 Å². The molecule has 0 aliphatic heterocycles. The van der Waals surface area contributed by atoms with Gasteiger partial charge < -0.3 is 20.3 Å². The smallest absolute Gasteiger partial charge is 0.322 e. The minimum atomic E-state index is -0.356. The highest BCUT2D eigenvalue weighted by Crippen LogP contribution is 2.26. The number of rotatable bonds is 9. The number of amides is 3. The Hall–Kier alpha value is -3.17.